The van der Waals surface area contributed by atoms with Gasteiger partial charge in [-0.15, -0.1) is 0 Å². The monoisotopic (exact) mass is 447 g/mol. The zero-order chi connectivity index (χ0) is 22.8. The van der Waals surface area contributed by atoms with Gasteiger partial charge in [0.05, 0.1) is 18.1 Å². The molecule has 0 aromatic heterocycles. The minimum Gasteiger partial charge on any atom is -0.457 e. The van der Waals surface area contributed by atoms with Crippen molar-refractivity contribution in [3.63, 3.8) is 0 Å². The Morgan fingerprint density at radius 2 is 1.75 bits per heavy atom. The van der Waals surface area contributed by atoms with Gasteiger partial charge in [-0.05, 0) is 48.5 Å². The van der Waals surface area contributed by atoms with Gasteiger partial charge in [0.25, 0.3) is 0 Å². The lowest BCUT2D eigenvalue weighted by molar-refractivity contribution is -0.364. The van der Waals surface area contributed by atoms with Crippen LogP contribution in [0, 0.1) is 29.6 Å². The van der Waals surface area contributed by atoms with E-state index < -0.39 is 5.79 Å². The van der Waals surface area contributed by atoms with E-state index in [-0.39, 0.29) is 47.9 Å². The van der Waals surface area contributed by atoms with Crippen LogP contribution >= 0.6 is 0 Å². The van der Waals surface area contributed by atoms with Gasteiger partial charge in [0.1, 0.15) is 17.9 Å². The summed E-state index contributed by atoms with van der Waals surface area (Å²) in [5.41, 5.74) is 0.601. The number of piperidine rings is 1. The van der Waals surface area contributed by atoms with Crippen LogP contribution in [0.3, 0.4) is 0 Å². The Morgan fingerprint density at radius 1 is 1.00 bits per heavy atom. The summed E-state index contributed by atoms with van der Waals surface area (Å²) in [5.74, 6) is 0.969. The third-order valence-electron chi connectivity index (χ3n) is 8.70. The molecule has 5 saturated heterocycles. The number of esters is 1. The topological polar surface area (TPSA) is 66.0 Å². The van der Waals surface area contributed by atoms with Gasteiger partial charge in [0, 0.05) is 25.8 Å². The summed E-state index contributed by atoms with van der Waals surface area (Å²) in [7, 11) is 0. The average molecular weight is 448 g/mol. The molecule has 5 aliphatic rings. The molecule has 5 rings (SSSR count). The van der Waals surface area contributed by atoms with E-state index in [1.54, 1.807) is 0 Å². The average Bonchev–Trinajstić information content (AvgIpc) is 3.07. The summed E-state index contributed by atoms with van der Waals surface area (Å²) in [5, 5.41) is 3.73. The van der Waals surface area contributed by atoms with Crippen molar-refractivity contribution in [2.45, 2.75) is 109 Å². The number of nitrogens with one attached hydrogen (secondary N) is 1. The molecule has 1 N–H and O–H groups in total. The Labute approximate surface area is 192 Å². The van der Waals surface area contributed by atoms with Crippen LogP contribution < -0.4 is 5.32 Å². The molecule has 0 radical (unpaired) electrons. The molecule has 32 heavy (non-hydrogen) atoms. The molecule has 6 nitrogen and oxygen atoms in total. The molecule has 180 valence electrons. The van der Waals surface area contributed by atoms with E-state index >= 15 is 0 Å². The molecule has 0 saturated carbocycles. The first-order valence-corrected chi connectivity index (χ1v) is 12.8. The maximum atomic E-state index is 12.2. The number of carbonyl (C=O) groups is 1. The molecule has 5 fully saturated rings. The minimum absolute atomic E-state index is 0.0174. The number of ether oxygens (including phenoxy) is 4. The Hall–Kier alpha value is -0.950. The van der Waals surface area contributed by atoms with Crippen LogP contribution in [0.4, 0.5) is 0 Å². The van der Waals surface area contributed by atoms with Gasteiger partial charge >= 0.3 is 5.97 Å². The standard InChI is InChI=1S/C26H41NO5/c1-14-8-20-23-21(12-26(32-23)19(6)7-15(2)13-27-26)31-25(10-14,30-20)11-18(5)22-16(3)9-17(4)24(28)29-22/h14-17,19-23,27H,5,7-13H2,1-4,6H3/t14-,15+,16-,17+,19-,20+,21+,22-,23+,25-,26-/m0/s1. The molecule has 0 unspecified atom stereocenters. The summed E-state index contributed by atoms with van der Waals surface area (Å²) in [6, 6.07) is 0. The third-order valence-corrected chi connectivity index (χ3v) is 8.70. The highest BCUT2D eigenvalue weighted by Gasteiger charge is 2.61. The van der Waals surface area contributed by atoms with Crippen molar-refractivity contribution in [3.05, 3.63) is 12.2 Å². The quantitative estimate of drug-likeness (QED) is 0.517. The predicted molar refractivity (Wildman–Crippen MR) is 121 cm³/mol. The first-order valence-electron chi connectivity index (χ1n) is 12.8. The molecule has 0 aromatic carbocycles. The number of rotatable bonds is 3. The van der Waals surface area contributed by atoms with E-state index in [0.29, 0.717) is 24.2 Å². The molecule has 2 bridgehead atoms. The van der Waals surface area contributed by atoms with Gasteiger partial charge in [-0.25, -0.2) is 0 Å². The second kappa shape index (κ2) is 8.07. The van der Waals surface area contributed by atoms with Gasteiger partial charge in [-0.2, -0.15) is 0 Å². The number of hydrogen-bond acceptors (Lipinski definition) is 6. The molecular weight excluding hydrogens is 406 g/mol. The number of fused-ring (bicyclic) bond motifs is 4. The van der Waals surface area contributed by atoms with E-state index in [1.165, 1.54) is 6.42 Å². The van der Waals surface area contributed by atoms with Crippen LogP contribution in [0.25, 0.3) is 0 Å². The second-order valence-corrected chi connectivity index (χ2v) is 11.9. The molecule has 11 atom stereocenters. The molecule has 5 aliphatic heterocycles. The largest absolute Gasteiger partial charge is 0.457 e. The molecule has 6 heteroatoms. The van der Waals surface area contributed by atoms with Crippen LogP contribution in [0.15, 0.2) is 12.2 Å². The van der Waals surface area contributed by atoms with Crippen molar-refractivity contribution in [3.8, 4) is 0 Å². The third kappa shape index (κ3) is 3.85. The van der Waals surface area contributed by atoms with Crippen molar-refractivity contribution >= 4 is 5.97 Å². The van der Waals surface area contributed by atoms with E-state index in [2.05, 4.69) is 39.6 Å². The lowest BCUT2D eigenvalue weighted by atomic mass is 9.79. The summed E-state index contributed by atoms with van der Waals surface area (Å²) in [6.45, 7) is 16.3. The van der Waals surface area contributed by atoms with Crippen molar-refractivity contribution in [1.29, 1.82) is 0 Å². The zero-order valence-corrected chi connectivity index (χ0v) is 20.4. The normalized spacial score (nSPS) is 53.0. The van der Waals surface area contributed by atoms with Crippen molar-refractivity contribution in [1.82, 2.24) is 5.32 Å². The van der Waals surface area contributed by atoms with Crippen molar-refractivity contribution in [2.24, 2.45) is 29.6 Å². The minimum atomic E-state index is -0.699. The molecule has 1 spiro atoms. The van der Waals surface area contributed by atoms with Crippen LogP contribution in [0.1, 0.15) is 73.1 Å². The highest BCUT2D eigenvalue weighted by Crippen LogP contribution is 2.52. The van der Waals surface area contributed by atoms with Gasteiger partial charge < -0.3 is 18.9 Å². The lowest BCUT2D eigenvalue weighted by Gasteiger charge is -2.52. The Morgan fingerprint density at radius 3 is 2.50 bits per heavy atom. The van der Waals surface area contributed by atoms with Crippen molar-refractivity contribution in [2.75, 3.05) is 6.54 Å². The molecule has 0 aliphatic carbocycles. The summed E-state index contributed by atoms with van der Waals surface area (Å²) in [4.78, 5) is 12.2. The number of hydrogen-bond donors (Lipinski definition) is 1. The van der Waals surface area contributed by atoms with E-state index in [0.717, 1.165) is 37.8 Å². The maximum absolute atomic E-state index is 12.2. The molecule has 0 amide bonds. The molecule has 0 aromatic rings. The molecule has 5 heterocycles. The highest BCUT2D eigenvalue weighted by atomic mass is 16.7. The summed E-state index contributed by atoms with van der Waals surface area (Å²) < 4.78 is 26.0. The van der Waals surface area contributed by atoms with Gasteiger partial charge in [0.2, 0.25) is 0 Å². The predicted octanol–water partition coefficient (Wildman–Crippen LogP) is 4.18. The van der Waals surface area contributed by atoms with Crippen LogP contribution in [0.2, 0.25) is 0 Å². The fourth-order valence-electron chi connectivity index (χ4n) is 7.19. The first-order chi connectivity index (χ1) is 15.1. The van der Waals surface area contributed by atoms with Crippen LogP contribution in [-0.4, -0.2) is 48.4 Å². The fourth-order valence-corrected chi connectivity index (χ4v) is 7.19. The van der Waals surface area contributed by atoms with E-state index in [4.69, 9.17) is 18.9 Å². The van der Waals surface area contributed by atoms with Gasteiger partial charge in [0.15, 0.2) is 5.79 Å². The Balaban J connectivity index is 1.34. The van der Waals surface area contributed by atoms with Crippen LogP contribution in [-0.2, 0) is 23.7 Å². The first kappa shape index (κ1) is 22.8. The second-order valence-electron chi connectivity index (χ2n) is 11.9. The summed E-state index contributed by atoms with van der Waals surface area (Å²) >= 11 is 0. The SMILES string of the molecule is C=C(C[C@@]12C[C@@H](C)C[C@@H](O1)[C@H]1O[C@]3(C[C@H]1O2)NC[C@H](C)C[C@@H]3C)[C@H]1OC(=O)[C@H](C)C[C@@H]1C. The van der Waals surface area contributed by atoms with Crippen LogP contribution in [0.5, 0.6) is 0 Å². The smallest absolute Gasteiger partial charge is 0.309 e. The zero-order valence-electron chi connectivity index (χ0n) is 20.4. The van der Waals surface area contributed by atoms with Crippen molar-refractivity contribution < 1.29 is 23.7 Å². The van der Waals surface area contributed by atoms with Gasteiger partial charge in [-0.3, -0.25) is 10.1 Å². The lowest BCUT2D eigenvalue weighted by Crippen LogP contribution is -2.59. The number of cyclic esters (lactones) is 1. The molecular formula is C26H41NO5. The fraction of sp³-hybridized carbons (Fsp3) is 0.885. The van der Waals surface area contributed by atoms with E-state index in [1.807, 2.05) is 6.92 Å². The highest BCUT2D eigenvalue weighted by molar-refractivity contribution is 5.73. The Bertz CT molecular complexity index is 771. The van der Waals surface area contributed by atoms with E-state index in [9.17, 15) is 4.79 Å². The Kier molecular flexibility index (Phi) is 5.76. The number of carbonyl (C=O) groups excluding carboxylic acids is 1. The summed E-state index contributed by atoms with van der Waals surface area (Å²) in [6.07, 6.45) is 5.01. The van der Waals surface area contributed by atoms with Gasteiger partial charge in [-0.1, -0.05) is 41.2 Å². The maximum Gasteiger partial charge on any atom is 0.309 e.